The molecule has 1 aliphatic heterocycles. The Labute approximate surface area is 186 Å². The van der Waals surface area contributed by atoms with Crippen molar-refractivity contribution in [3.05, 3.63) is 24.2 Å². The number of aliphatic carboxylic acids is 2. The van der Waals surface area contributed by atoms with E-state index in [1.807, 2.05) is 6.07 Å². The first-order valence-corrected chi connectivity index (χ1v) is 9.86. The third-order valence-corrected chi connectivity index (χ3v) is 5.40. The summed E-state index contributed by atoms with van der Waals surface area (Å²) in [5, 5.41) is 35.9. The van der Waals surface area contributed by atoms with E-state index in [0.717, 1.165) is 13.3 Å². The molecule has 1 amide bonds. The molecule has 0 bridgehead atoms. The van der Waals surface area contributed by atoms with E-state index in [4.69, 9.17) is 9.47 Å². The highest BCUT2D eigenvalue weighted by atomic mass is 16.6. The van der Waals surface area contributed by atoms with Gasteiger partial charge >= 0.3 is 17.9 Å². The number of esters is 1. The summed E-state index contributed by atoms with van der Waals surface area (Å²) < 4.78 is 12.3. The molecule has 1 saturated heterocycles. The van der Waals surface area contributed by atoms with E-state index >= 15 is 0 Å². The quantitative estimate of drug-likeness (QED) is 0.467. The van der Waals surface area contributed by atoms with Crippen LogP contribution in [0.15, 0.2) is 18.5 Å². The number of nitrogens with zero attached hydrogens (tertiary/aromatic N) is 4. The van der Waals surface area contributed by atoms with Crippen molar-refractivity contribution in [2.24, 2.45) is 11.8 Å². The van der Waals surface area contributed by atoms with Crippen LogP contribution in [0, 0.1) is 23.2 Å². The van der Waals surface area contributed by atoms with E-state index in [0.29, 0.717) is 5.52 Å². The molecule has 3 heterocycles. The standard InChI is InChI=1S/C20H21N5O8/c1-10(26)24-19-14-3-4-16(25(14)23-9-22-19)20(8-21)13(6-18(30)31)12(5-17(28)29)15(33-20)7-32-11(2)27/h3-4,9,12-13,15H,5-7H2,1-2H3,(H,28,29)(H,30,31)(H,22,23,24,26)/t12-,13-,15+,20-/m1/s1. The van der Waals surface area contributed by atoms with E-state index in [-0.39, 0.29) is 18.1 Å². The Morgan fingerprint density at radius 1 is 1.24 bits per heavy atom. The lowest BCUT2D eigenvalue weighted by molar-refractivity contribution is -0.147. The van der Waals surface area contributed by atoms with Gasteiger partial charge in [-0.2, -0.15) is 10.4 Å². The fourth-order valence-corrected chi connectivity index (χ4v) is 4.18. The molecular formula is C20H21N5O8. The molecule has 2 aromatic heterocycles. The van der Waals surface area contributed by atoms with E-state index in [1.165, 1.54) is 23.6 Å². The Morgan fingerprint density at radius 3 is 2.52 bits per heavy atom. The highest BCUT2D eigenvalue weighted by Gasteiger charge is 2.59. The van der Waals surface area contributed by atoms with Gasteiger partial charge < -0.3 is 25.0 Å². The number of rotatable bonds is 8. The van der Waals surface area contributed by atoms with Gasteiger partial charge in [0.2, 0.25) is 5.91 Å². The lowest BCUT2D eigenvalue weighted by Crippen LogP contribution is -2.36. The maximum Gasteiger partial charge on any atom is 0.303 e. The van der Waals surface area contributed by atoms with Crippen LogP contribution in [0.5, 0.6) is 0 Å². The van der Waals surface area contributed by atoms with E-state index < -0.39 is 60.2 Å². The van der Waals surface area contributed by atoms with Gasteiger partial charge in [-0.15, -0.1) is 0 Å². The highest BCUT2D eigenvalue weighted by Crippen LogP contribution is 2.50. The van der Waals surface area contributed by atoms with Crippen LogP contribution in [0.25, 0.3) is 5.52 Å². The zero-order valence-electron chi connectivity index (χ0n) is 17.7. The van der Waals surface area contributed by atoms with Crippen LogP contribution in [-0.4, -0.2) is 61.3 Å². The average Bonchev–Trinajstić information content (AvgIpc) is 3.27. The summed E-state index contributed by atoms with van der Waals surface area (Å²) in [5.41, 5.74) is -1.49. The number of carboxylic acid groups (broad SMARTS) is 2. The Bertz CT molecular complexity index is 1160. The molecule has 1 fully saturated rings. The predicted octanol–water partition coefficient (Wildman–Crippen LogP) is 0.550. The molecule has 0 radical (unpaired) electrons. The summed E-state index contributed by atoms with van der Waals surface area (Å²) in [6, 6.07) is 5.01. The summed E-state index contributed by atoms with van der Waals surface area (Å²) in [5.74, 6) is -5.44. The molecule has 0 spiro atoms. The molecule has 3 rings (SSSR count). The molecule has 2 aromatic rings. The molecule has 3 N–H and O–H groups in total. The van der Waals surface area contributed by atoms with E-state index in [2.05, 4.69) is 15.4 Å². The Morgan fingerprint density at radius 2 is 1.94 bits per heavy atom. The monoisotopic (exact) mass is 459 g/mol. The predicted molar refractivity (Wildman–Crippen MR) is 108 cm³/mol. The molecule has 13 heteroatoms. The van der Waals surface area contributed by atoms with Crippen molar-refractivity contribution in [2.75, 3.05) is 11.9 Å². The number of nitriles is 1. The first-order chi connectivity index (χ1) is 15.6. The maximum absolute atomic E-state index is 11.7. The van der Waals surface area contributed by atoms with Crippen molar-refractivity contribution in [1.29, 1.82) is 5.26 Å². The number of carboxylic acids is 2. The van der Waals surface area contributed by atoms with Gasteiger partial charge in [-0.3, -0.25) is 19.2 Å². The van der Waals surface area contributed by atoms with Gasteiger partial charge in [-0.1, -0.05) is 0 Å². The molecule has 174 valence electrons. The van der Waals surface area contributed by atoms with Crippen LogP contribution in [0.1, 0.15) is 32.4 Å². The van der Waals surface area contributed by atoms with Crippen molar-refractivity contribution in [2.45, 2.75) is 38.4 Å². The molecule has 0 saturated carbocycles. The van der Waals surface area contributed by atoms with Crippen molar-refractivity contribution < 1.29 is 38.9 Å². The number of hydrogen-bond acceptors (Lipinski definition) is 9. The summed E-state index contributed by atoms with van der Waals surface area (Å²) >= 11 is 0. The van der Waals surface area contributed by atoms with Gasteiger partial charge in [-0.05, 0) is 12.1 Å². The van der Waals surface area contributed by atoms with Crippen LogP contribution in [0.2, 0.25) is 0 Å². The average molecular weight is 459 g/mol. The highest BCUT2D eigenvalue weighted by molar-refractivity contribution is 5.91. The number of aromatic nitrogens is 3. The molecule has 33 heavy (non-hydrogen) atoms. The number of nitrogens with one attached hydrogen (secondary N) is 1. The smallest absolute Gasteiger partial charge is 0.303 e. The number of anilines is 1. The van der Waals surface area contributed by atoms with Crippen molar-refractivity contribution in [3.8, 4) is 6.07 Å². The van der Waals surface area contributed by atoms with Gasteiger partial charge in [0.15, 0.2) is 11.4 Å². The molecular weight excluding hydrogens is 438 g/mol. The number of fused-ring (bicyclic) bond motifs is 1. The fourth-order valence-electron chi connectivity index (χ4n) is 4.18. The van der Waals surface area contributed by atoms with Gasteiger partial charge in [-0.25, -0.2) is 9.50 Å². The first kappa shape index (κ1) is 23.6. The lowest BCUT2D eigenvalue weighted by Gasteiger charge is -2.28. The third kappa shape index (κ3) is 4.60. The minimum atomic E-state index is -1.93. The Kier molecular flexibility index (Phi) is 6.59. The van der Waals surface area contributed by atoms with Gasteiger partial charge in [0.1, 0.15) is 24.5 Å². The zero-order chi connectivity index (χ0) is 24.3. The normalized spacial score (nSPS) is 24.2. The summed E-state index contributed by atoms with van der Waals surface area (Å²) in [7, 11) is 0. The molecule has 0 aliphatic carbocycles. The van der Waals surface area contributed by atoms with Crippen LogP contribution in [0.4, 0.5) is 5.82 Å². The third-order valence-electron chi connectivity index (χ3n) is 5.40. The number of amides is 1. The lowest BCUT2D eigenvalue weighted by atomic mass is 9.75. The topological polar surface area (TPSA) is 193 Å². The molecule has 4 atom stereocenters. The summed E-state index contributed by atoms with van der Waals surface area (Å²) in [6.45, 7) is 2.09. The summed E-state index contributed by atoms with van der Waals surface area (Å²) in [4.78, 5) is 50.1. The van der Waals surface area contributed by atoms with Gasteiger partial charge in [0.25, 0.3) is 0 Å². The SMILES string of the molecule is CC(=O)Nc1ncnn2c([C@]3(C#N)O[C@@H](COC(C)=O)[C@H](CC(=O)O)[C@H]3CC(=O)O)ccc12. The van der Waals surface area contributed by atoms with Crippen LogP contribution in [0.3, 0.4) is 0 Å². The minimum Gasteiger partial charge on any atom is -0.481 e. The maximum atomic E-state index is 11.7. The minimum absolute atomic E-state index is 0.126. The molecule has 0 unspecified atom stereocenters. The largest absolute Gasteiger partial charge is 0.481 e. The molecule has 0 aromatic carbocycles. The Balaban J connectivity index is 2.17. The van der Waals surface area contributed by atoms with Crippen molar-refractivity contribution in [3.63, 3.8) is 0 Å². The second kappa shape index (κ2) is 9.21. The van der Waals surface area contributed by atoms with E-state index in [9.17, 15) is 34.7 Å². The fraction of sp³-hybridized carbons (Fsp3) is 0.450. The first-order valence-electron chi connectivity index (χ1n) is 9.86. The number of hydrogen-bond donors (Lipinski definition) is 3. The van der Waals surface area contributed by atoms with Gasteiger partial charge in [0.05, 0.1) is 24.6 Å². The van der Waals surface area contributed by atoms with Crippen LogP contribution in [-0.2, 0) is 34.3 Å². The summed E-state index contributed by atoms with van der Waals surface area (Å²) in [6.07, 6.45) is -1.02. The number of carbonyl (C=O) groups excluding carboxylic acids is 2. The van der Waals surface area contributed by atoms with Crippen molar-refractivity contribution in [1.82, 2.24) is 14.6 Å². The van der Waals surface area contributed by atoms with Crippen molar-refractivity contribution >= 4 is 35.1 Å². The number of ether oxygens (including phenoxy) is 2. The molecule has 13 nitrogen and oxygen atoms in total. The van der Waals surface area contributed by atoms with E-state index in [1.54, 1.807) is 0 Å². The van der Waals surface area contributed by atoms with Gasteiger partial charge in [0, 0.05) is 25.7 Å². The molecule has 1 aliphatic rings. The second-order valence-electron chi connectivity index (χ2n) is 7.58. The van der Waals surface area contributed by atoms with Crippen LogP contribution < -0.4 is 5.32 Å². The zero-order valence-corrected chi connectivity index (χ0v) is 17.7. The number of carbonyl (C=O) groups is 4. The second-order valence-corrected chi connectivity index (χ2v) is 7.58. The Hall–Kier alpha value is -4.05. The van der Waals surface area contributed by atoms with Crippen LogP contribution >= 0.6 is 0 Å².